The number of aromatic nitrogens is 1. The number of piperidine rings is 1. The topological polar surface area (TPSA) is 88.6 Å². The van der Waals surface area contributed by atoms with Gasteiger partial charge in [0.25, 0.3) is 5.91 Å². The molecule has 1 saturated heterocycles. The first kappa shape index (κ1) is 22.9. The molecule has 1 aliphatic rings. The maximum atomic E-state index is 13.2. The van der Waals surface area contributed by atoms with Crippen LogP contribution in [-0.4, -0.2) is 34.8 Å². The lowest BCUT2D eigenvalue weighted by molar-refractivity contribution is -0.126. The zero-order valence-electron chi connectivity index (χ0n) is 20.0. The monoisotopic (exact) mass is 471 g/mol. The van der Waals surface area contributed by atoms with Crippen LogP contribution in [0.25, 0.3) is 22.6 Å². The van der Waals surface area contributed by atoms with Gasteiger partial charge in [-0.3, -0.25) is 9.59 Å². The Morgan fingerprint density at radius 3 is 2.54 bits per heavy atom. The summed E-state index contributed by atoms with van der Waals surface area (Å²) in [6.07, 6.45) is 1.59. The van der Waals surface area contributed by atoms with Crippen molar-refractivity contribution in [3.63, 3.8) is 0 Å². The average molecular weight is 472 g/mol. The van der Waals surface area contributed by atoms with Gasteiger partial charge in [-0.1, -0.05) is 25.1 Å². The molecule has 1 aliphatic heterocycles. The summed E-state index contributed by atoms with van der Waals surface area (Å²) in [6.45, 7) is 5.50. The quantitative estimate of drug-likeness (QED) is 0.418. The van der Waals surface area contributed by atoms with E-state index in [1.54, 1.807) is 12.1 Å². The van der Waals surface area contributed by atoms with E-state index in [1.807, 2.05) is 67.3 Å². The minimum atomic E-state index is -0.119. The first-order valence-electron chi connectivity index (χ1n) is 12.1. The normalized spacial score (nSPS) is 15.3. The van der Waals surface area contributed by atoms with Crippen molar-refractivity contribution < 1.29 is 18.4 Å². The molecular weight excluding hydrogens is 442 g/mol. The van der Waals surface area contributed by atoms with Crippen LogP contribution in [0.15, 0.2) is 69.5 Å². The van der Waals surface area contributed by atoms with Crippen LogP contribution in [0.1, 0.15) is 41.6 Å². The van der Waals surface area contributed by atoms with Gasteiger partial charge in [0.05, 0.1) is 6.54 Å². The smallest absolute Gasteiger partial charge is 0.253 e. The maximum Gasteiger partial charge on any atom is 0.253 e. The number of carbonyl (C=O) groups is 2. The van der Waals surface area contributed by atoms with Crippen molar-refractivity contribution in [2.75, 3.05) is 13.1 Å². The Balaban J connectivity index is 1.18. The Labute approximate surface area is 204 Å². The van der Waals surface area contributed by atoms with Gasteiger partial charge in [0.2, 0.25) is 11.8 Å². The molecule has 3 heterocycles. The Morgan fingerprint density at radius 2 is 1.83 bits per heavy atom. The number of hydrogen-bond acceptors (Lipinski definition) is 5. The summed E-state index contributed by atoms with van der Waals surface area (Å²) >= 11 is 0. The van der Waals surface area contributed by atoms with E-state index in [0.717, 1.165) is 29.9 Å². The molecule has 2 aromatic heterocycles. The molecule has 0 bridgehead atoms. The first-order valence-corrected chi connectivity index (χ1v) is 12.1. The zero-order chi connectivity index (χ0) is 24.4. The highest BCUT2D eigenvalue weighted by Gasteiger charge is 2.30. The average Bonchev–Trinajstić information content (AvgIpc) is 3.52. The fourth-order valence-electron chi connectivity index (χ4n) is 4.68. The molecule has 4 aromatic rings. The third kappa shape index (κ3) is 4.99. The number of oxazole rings is 1. The molecule has 0 saturated carbocycles. The van der Waals surface area contributed by atoms with Gasteiger partial charge in [-0.15, -0.1) is 0 Å². The molecule has 1 N–H and O–H groups in total. The van der Waals surface area contributed by atoms with Crippen LogP contribution in [0.2, 0.25) is 0 Å². The van der Waals surface area contributed by atoms with Crippen molar-refractivity contribution in [3.05, 3.63) is 77.7 Å². The van der Waals surface area contributed by atoms with E-state index < -0.39 is 0 Å². The van der Waals surface area contributed by atoms with Crippen molar-refractivity contribution in [1.29, 1.82) is 0 Å². The molecule has 0 aliphatic carbocycles. The molecule has 1 unspecified atom stereocenters. The highest BCUT2D eigenvalue weighted by Crippen LogP contribution is 2.28. The van der Waals surface area contributed by atoms with E-state index >= 15 is 0 Å². The van der Waals surface area contributed by atoms with E-state index in [9.17, 15) is 9.59 Å². The van der Waals surface area contributed by atoms with Crippen LogP contribution >= 0.6 is 0 Å². The van der Waals surface area contributed by atoms with Gasteiger partial charge in [0.1, 0.15) is 17.0 Å². The zero-order valence-corrected chi connectivity index (χ0v) is 20.0. The van der Waals surface area contributed by atoms with Crippen LogP contribution in [0.4, 0.5) is 0 Å². The number of carbonyl (C=O) groups excluding carboxylic acids is 2. The summed E-state index contributed by atoms with van der Waals surface area (Å²) in [7, 11) is 0. The van der Waals surface area contributed by atoms with Crippen molar-refractivity contribution in [2.24, 2.45) is 11.8 Å². The van der Waals surface area contributed by atoms with E-state index in [2.05, 4.69) is 10.3 Å². The number of fused-ring (bicyclic) bond motifs is 1. The summed E-state index contributed by atoms with van der Waals surface area (Å²) in [6, 6.07) is 18.9. The summed E-state index contributed by atoms with van der Waals surface area (Å²) in [5.41, 5.74) is 2.82. The molecule has 0 radical (unpaired) electrons. The predicted octanol–water partition coefficient (Wildman–Crippen LogP) is 5.20. The first-order chi connectivity index (χ1) is 17.0. The predicted molar refractivity (Wildman–Crippen MR) is 133 cm³/mol. The van der Waals surface area contributed by atoms with E-state index in [4.69, 9.17) is 8.83 Å². The third-order valence-electron chi connectivity index (χ3n) is 6.84. The van der Waals surface area contributed by atoms with Crippen LogP contribution in [0, 0.1) is 18.8 Å². The Kier molecular flexibility index (Phi) is 6.40. The molecule has 2 aromatic carbocycles. The number of nitrogens with zero attached hydrogens (tertiary/aromatic N) is 2. The molecule has 7 heteroatoms. The largest absolute Gasteiger partial charge is 0.465 e. The summed E-state index contributed by atoms with van der Waals surface area (Å²) in [4.78, 5) is 32.3. The van der Waals surface area contributed by atoms with Gasteiger partial charge in [0, 0.05) is 30.1 Å². The summed E-state index contributed by atoms with van der Waals surface area (Å²) in [5.74, 6) is 2.26. The third-order valence-corrected chi connectivity index (χ3v) is 6.84. The number of nitrogens with one attached hydrogen (secondary N) is 1. The van der Waals surface area contributed by atoms with Gasteiger partial charge < -0.3 is 19.1 Å². The molecule has 2 amide bonds. The number of furan rings is 1. The number of aryl methyl sites for hydroxylation is 1. The minimum Gasteiger partial charge on any atom is -0.465 e. The summed E-state index contributed by atoms with van der Waals surface area (Å²) < 4.78 is 11.4. The van der Waals surface area contributed by atoms with E-state index in [1.165, 1.54) is 0 Å². The maximum absolute atomic E-state index is 13.2. The van der Waals surface area contributed by atoms with Gasteiger partial charge >= 0.3 is 0 Å². The lowest BCUT2D eigenvalue weighted by Crippen LogP contribution is -2.42. The number of hydrogen-bond donors (Lipinski definition) is 1. The van der Waals surface area contributed by atoms with Crippen LogP contribution < -0.4 is 5.32 Å². The van der Waals surface area contributed by atoms with E-state index in [0.29, 0.717) is 42.2 Å². The number of rotatable bonds is 6. The van der Waals surface area contributed by atoms with Gasteiger partial charge in [-0.2, -0.15) is 0 Å². The minimum absolute atomic E-state index is 0.0140. The highest BCUT2D eigenvalue weighted by molar-refractivity contribution is 5.97. The van der Waals surface area contributed by atoms with Crippen molar-refractivity contribution in [1.82, 2.24) is 15.2 Å². The fraction of sp³-hybridized carbons (Fsp3) is 0.321. The van der Waals surface area contributed by atoms with Gasteiger partial charge in [-0.05, 0) is 68.1 Å². The number of likely N-dealkylation sites (tertiary alicyclic amines) is 1. The molecule has 5 rings (SSSR count). The SMILES string of the molecule is Cc1ccc(CNC(=O)C(C)C2CCN(C(=O)c3ccc4oc(-c5ccccc5)nc4c3)CC2)o1. The van der Waals surface area contributed by atoms with Crippen LogP contribution in [0.3, 0.4) is 0 Å². The van der Waals surface area contributed by atoms with Crippen molar-refractivity contribution >= 4 is 22.9 Å². The number of benzene rings is 2. The molecule has 1 fully saturated rings. The lowest BCUT2D eigenvalue weighted by atomic mass is 9.84. The Bertz CT molecular complexity index is 1330. The van der Waals surface area contributed by atoms with E-state index in [-0.39, 0.29) is 23.7 Å². The van der Waals surface area contributed by atoms with Crippen LogP contribution in [-0.2, 0) is 11.3 Å². The Hall–Kier alpha value is -3.87. The molecule has 1 atom stereocenters. The standard InChI is InChI=1S/C28H29N3O4/c1-18-8-10-23(34-18)17-29-26(32)19(2)20-12-14-31(15-13-20)28(33)22-9-11-25-24(16-22)30-27(35-25)21-6-4-3-5-7-21/h3-11,16,19-20H,12-15,17H2,1-2H3,(H,29,32). The summed E-state index contributed by atoms with van der Waals surface area (Å²) in [5, 5.41) is 2.97. The lowest BCUT2D eigenvalue weighted by Gasteiger charge is -2.34. The van der Waals surface area contributed by atoms with Gasteiger partial charge in [-0.25, -0.2) is 4.98 Å². The number of amides is 2. The second-order valence-corrected chi connectivity index (χ2v) is 9.22. The second kappa shape index (κ2) is 9.78. The second-order valence-electron chi connectivity index (χ2n) is 9.22. The van der Waals surface area contributed by atoms with Crippen molar-refractivity contribution in [3.8, 4) is 11.5 Å². The molecule has 7 nitrogen and oxygen atoms in total. The van der Waals surface area contributed by atoms with Gasteiger partial charge in [0.15, 0.2) is 5.58 Å². The highest BCUT2D eigenvalue weighted by atomic mass is 16.3. The Morgan fingerprint density at radius 1 is 1.06 bits per heavy atom. The fourth-order valence-corrected chi connectivity index (χ4v) is 4.68. The van der Waals surface area contributed by atoms with Crippen LogP contribution in [0.5, 0.6) is 0 Å². The molecule has 180 valence electrons. The molecule has 0 spiro atoms. The van der Waals surface area contributed by atoms with Crippen molar-refractivity contribution in [2.45, 2.75) is 33.2 Å². The molecule has 35 heavy (non-hydrogen) atoms. The molecular formula is C28H29N3O4.